The summed E-state index contributed by atoms with van der Waals surface area (Å²) in [5.74, 6) is 0. The molecule has 0 aromatic carbocycles. The van der Waals surface area contributed by atoms with Crippen molar-refractivity contribution in [2.24, 2.45) is 5.41 Å². The van der Waals surface area contributed by atoms with E-state index in [1.54, 1.807) is 10.9 Å². The number of aromatic nitrogens is 1. The number of nitrogens with zero attached hydrogens (tertiary/aromatic N) is 2. The number of nitriles is 1. The molecule has 4 unspecified atom stereocenters. The van der Waals surface area contributed by atoms with Crippen molar-refractivity contribution >= 4 is 11.3 Å². The largest absolute Gasteiger partial charge is 0.385 e. The quantitative estimate of drug-likeness (QED) is 0.847. The van der Waals surface area contributed by atoms with Crippen molar-refractivity contribution in [2.75, 3.05) is 0 Å². The summed E-state index contributed by atoms with van der Waals surface area (Å²) in [5.41, 5.74) is 1.50. The Labute approximate surface area is 97.5 Å². The van der Waals surface area contributed by atoms with Gasteiger partial charge in [-0.2, -0.15) is 5.26 Å². The third kappa shape index (κ3) is 1.24. The van der Waals surface area contributed by atoms with Gasteiger partial charge in [0.05, 0.1) is 29.5 Å². The Morgan fingerprint density at radius 3 is 3.06 bits per heavy atom. The Balaban J connectivity index is 1.95. The van der Waals surface area contributed by atoms with Crippen molar-refractivity contribution in [2.45, 2.75) is 37.6 Å². The molecule has 84 valence electrons. The predicted molar refractivity (Wildman–Crippen MR) is 57.6 cm³/mol. The van der Waals surface area contributed by atoms with Gasteiger partial charge in [0.1, 0.15) is 11.5 Å². The average molecular weight is 236 g/mol. The summed E-state index contributed by atoms with van der Waals surface area (Å²) in [4.78, 5) is 4.10. The minimum absolute atomic E-state index is 0.126. The van der Waals surface area contributed by atoms with Crippen LogP contribution in [0.25, 0.3) is 0 Å². The van der Waals surface area contributed by atoms with Gasteiger partial charge >= 0.3 is 0 Å². The fraction of sp³-hybridized carbons (Fsp3) is 0.636. The van der Waals surface area contributed by atoms with Crippen LogP contribution in [0.15, 0.2) is 10.9 Å². The number of aliphatic hydroxyl groups excluding tert-OH is 1. The zero-order valence-corrected chi connectivity index (χ0v) is 9.48. The van der Waals surface area contributed by atoms with Gasteiger partial charge in [0.25, 0.3) is 0 Å². The van der Waals surface area contributed by atoms with Crippen LogP contribution in [0.5, 0.6) is 0 Å². The second-order valence-electron chi connectivity index (χ2n) is 4.50. The number of hydrogen-bond donors (Lipinski definition) is 1. The number of ether oxygens (including phenoxy) is 1. The molecule has 2 aliphatic heterocycles. The zero-order chi connectivity index (χ0) is 11.2. The molecule has 3 heterocycles. The minimum atomic E-state index is -0.820. The summed E-state index contributed by atoms with van der Waals surface area (Å²) < 4.78 is 5.69. The molecule has 0 radical (unpaired) electrons. The molecule has 1 aromatic heterocycles. The molecule has 4 nitrogen and oxygen atoms in total. The second kappa shape index (κ2) is 3.52. The van der Waals surface area contributed by atoms with Crippen LogP contribution in [0, 0.1) is 16.7 Å². The maximum absolute atomic E-state index is 10.3. The van der Waals surface area contributed by atoms with Gasteiger partial charge in [-0.15, -0.1) is 11.3 Å². The maximum Gasteiger partial charge on any atom is 0.118 e. The van der Waals surface area contributed by atoms with Crippen LogP contribution >= 0.6 is 11.3 Å². The van der Waals surface area contributed by atoms with Gasteiger partial charge in [0.15, 0.2) is 0 Å². The lowest BCUT2D eigenvalue weighted by molar-refractivity contribution is 0.00154. The van der Waals surface area contributed by atoms with E-state index in [2.05, 4.69) is 11.1 Å². The molecule has 0 saturated carbocycles. The van der Waals surface area contributed by atoms with Gasteiger partial charge in [-0.1, -0.05) is 0 Å². The molecule has 2 fully saturated rings. The lowest BCUT2D eigenvalue weighted by Crippen LogP contribution is -2.37. The molecule has 2 saturated heterocycles. The summed E-state index contributed by atoms with van der Waals surface area (Å²) in [5, 5.41) is 21.5. The van der Waals surface area contributed by atoms with E-state index in [0.29, 0.717) is 12.1 Å². The maximum atomic E-state index is 10.3. The third-order valence-electron chi connectivity index (χ3n) is 3.68. The fourth-order valence-corrected chi connectivity index (χ4v) is 3.40. The summed E-state index contributed by atoms with van der Waals surface area (Å²) >= 11 is 1.43. The molecular formula is C11H12N2O2S. The van der Waals surface area contributed by atoms with E-state index >= 15 is 0 Å². The molecular weight excluding hydrogens is 224 g/mol. The molecule has 2 aliphatic rings. The molecule has 16 heavy (non-hydrogen) atoms. The van der Waals surface area contributed by atoms with Crippen molar-refractivity contribution in [3.05, 3.63) is 16.6 Å². The Hall–Kier alpha value is -0.960. The van der Waals surface area contributed by atoms with Crippen LogP contribution in [-0.2, 0) is 4.74 Å². The summed E-state index contributed by atoms with van der Waals surface area (Å²) in [6.07, 6.45) is 1.72. The Morgan fingerprint density at radius 2 is 2.56 bits per heavy atom. The van der Waals surface area contributed by atoms with Crippen LogP contribution in [0.3, 0.4) is 0 Å². The SMILES string of the molecule is N#CC1(C(O)c2cscn2)CC2CCC1O2. The Kier molecular flexibility index (Phi) is 2.25. The minimum Gasteiger partial charge on any atom is -0.385 e. The smallest absolute Gasteiger partial charge is 0.118 e. The first-order chi connectivity index (χ1) is 7.76. The van der Waals surface area contributed by atoms with Gasteiger partial charge < -0.3 is 9.84 Å². The Bertz CT molecular complexity index is 428. The van der Waals surface area contributed by atoms with Crippen molar-refractivity contribution in [1.29, 1.82) is 5.26 Å². The van der Waals surface area contributed by atoms with Gasteiger partial charge in [-0.25, -0.2) is 4.98 Å². The molecule has 4 atom stereocenters. The molecule has 1 aromatic rings. The second-order valence-corrected chi connectivity index (χ2v) is 5.21. The monoisotopic (exact) mass is 236 g/mol. The number of aliphatic hydroxyl groups is 1. The van der Waals surface area contributed by atoms with Crippen LogP contribution in [0.1, 0.15) is 31.1 Å². The van der Waals surface area contributed by atoms with Crippen molar-refractivity contribution in [3.63, 3.8) is 0 Å². The average Bonchev–Trinajstić information content (AvgIpc) is 3.03. The highest BCUT2D eigenvalue weighted by atomic mass is 32.1. The molecule has 1 N–H and O–H groups in total. The number of fused-ring (bicyclic) bond motifs is 2. The molecule has 0 amide bonds. The van der Waals surface area contributed by atoms with Crippen LogP contribution < -0.4 is 0 Å². The third-order valence-corrected chi connectivity index (χ3v) is 4.28. The number of hydrogen-bond acceptors (Lipinski definition) is 5. The molecule has 3 rings (SSSR count). The highest BCUT2D eigenvalue weighted by Crippen LogP contribution is 2.53. The van der Waals surface area contributed by atoms with Crippen molar-refractivity contribution < 1.29 is 9.84 Å². The normalized spacial score (nSPS) is 38.5. The molecule has 2 bridgehead atoms. The van der Waals surface area contributed by atoms with E-state index in [0.717, 1.165) is 12.8 Å². The van der Waals surface area contributed by atoms with E-state index < -0.39 is 11.5 Å². The van der Waals surface area contributed by atoms with E-state index in [4.69, 9.17) is 4.74 Å². The first-order valence-electron chi connectivity index (χ1n) is 5.39. The van der Waals surface area contributed by atoms with E-state index in [-0.39, 0.29) is 12.2 Å². The van der Waals surface area contributed by atoms with E-state index in [9.17, 15) is 10.4 Å². The first kappa shape index (κ1) is 10.2. The topological polar surface area (TPSA) is 66.1 Å². The zero-order valence-electron chi connectivity index (χ0n) is 8.67. The van der Waals surface area contributed by atoms with Gasteiger partial charge in [-0.3, -0.25) is 0 Å². The van der Waals surface area contributed by atoms with Gasteiger partial charge in [-0.05, 0) is 19.3 Å². The molecule has 0 spiro atoms. The summed E-state index contributed by atoms with van der Waals surface area (Å²) in [7, 11) is 0. The molecule has 0 aliphatic carbocycles. The van der Waals surface area contributed by atoms with Crippen LogP contribution in [0.4, 0.5) is 0 Å². The fourth-order valence-electron chi connectivity index (χ4n) is 2.83. The van der Waals surface area contributed by atoms with Crippen LogP contribution in [-0.4, -0.2) is 22.3 Å². The summed E-state index contributed by atoms with van der Waals surface area (Å²) in [6.45, 7) is 0. The van der Waals surface area contributed by atoms with Crippen LogP contribution in [0.2, 0.25) is 0 Å². The number of thiazole rings is 1. The highest BCUT2D eigenvalue weighted by molar-refractivity contribution is 7.07. The van der Waals surface area contributed by atoms with E-state index in [1.807, 2.05) is 0 Å². The summed E-state index contributed by atoms with van der Waals surface area (Å²) in [6, 6.07) is 2.29. The van der Waals surface area contributed by atoms with Gasteiger partial charge in [0.2, 0.25) is 0 Å². The lowest BCUT2D eigenvalue weighted by atomic mass is 9.70. The predicted octanol–water partition coefficient (Wildman–Crippen LogP) is 1.64. The lowest BCUT2D eigenvalue weighted by Gasteiger charge is -2.31. The van der Waals surface area contributed by atoms with Crippen molar-refractivity contribution in [1.82, 2.24) is 4.98 Å². The van der Waals surface area contributed by atoms with Gasteiger partial charge in [0, 0.05) is 5.38 Å². The van der Waals surface area contributed by atoms with Crippen molar-refractivity contribution in [3.8, 4) is 6.07 Å². The van der Waals surface area contributed by atoms with E-state index in [1.165, 1.54) is 11.3 Å². The standard InChI is InChI=1S/C11H12N2O2S/c12-5-11(3-7-1-2-9(11)15-7)10(14)8-4-16-6-13-8/h4,6-7,9-10,14H,1-3H2. The Morgan fingerprint density at radius 1 is 1.69 bits per heavy atom. The number of rotatable bonds is 2. The highest BCUT2D eigenvalue weighted by Gasteiger charge is 2.57. The molecule has 5 heteroatoms. The first-order valence-corrected chi connectivity index (χ1v) is 6.33.